The van der Waals surface area contributed by atoms with Crippen molar-refractivity contribution >= 4 is 5.91 Å². The first kappa shape index (κ1) is 7.06. The SMILES string of the molecule is NC(=O)C1C[C@@H]2C[N@](CN2)C1. The molecule has 2 aliphatic rings. The highest BCUT2D eigenvalue weighted by atomic mass is 16.1. The Bertz CT molecular complexity index is 171. The van der Waals surface area contributed by atoms with E-state index in [1.807, 2.05) is 0 Å². The van der Waals surface area contributed by atoms with Gasteiger partial charge in [-0.15, -0.1) is 0 Å². The third kappa shape index (κ3) is 1.23. The van der Waals surface area contributed by atoms with Gasteiger partial charge in [-0.25, -0.2) is 0 Å². The van der Waals surface area contributed by atoms with Crippen LogP contribution in [0, 0.1) is 5.92 Å². The lowest BCUT2D eigenvalue weighted by Crippen LogP contribution is -2.41. The number of nitrogens with one attached hydrogen (secondary N) is 1. The fraction of sp³-hybridized carbons (Fsp3) is 0.857. The molecule has 0 aromatic heterocycles. The van der Waals surface area contributed by atoms with Gasteiger partial charge in [-0.2, -0.15) is 0 Å². The van der Waals surface area contributed by atoms with Crippen LogP contribution in [0.3, 0.4) is 0 Å². The lowest BCUT2D eigenvalue weighted by atomic mass is 9.96. The van der Waals surface area contributed by atoms with Crippen molar-refractivity contribution in [3.63, 3.8) is 0 Å². The summed E-state index contributed by atoms with van der Waals surface area (Å²) in [5.74, 6) is -0.0767. The number of carbonyl (C=O) groups excluding carboxylic acids is 1. The van der Waals surface area contributed by atoms with E-state index >= 15 is 0 Å². The lowest BCUT2D eigenvalue weighted by Gasteiger charge is -2.26. The molecule has 2 aliphatic heterocycles. The highest BCUT2D eigenvalue weighted by Crippen LogP contribution is 2.19. The third-order valence-corrected chi connectivity index (χ3v) is 2.53. The van der Waals surface area contributed by atoms with Gasteiger partial charge in [0.2, 0.25) is 5.91 Å². The summed E-state index contributed by atoms with van der Waals surface area (Å²) in [7, 11) is 0. The number of carbonyl (C=O) groups is 1. The average Bonchev–Trinajstić information content (AvgIpc) is 2.30. The number of piperidine rings is 1. The van der Waals surface area contributed by atoms with Crippen LogP contribution in [0.1, 0.15) is 6.42 Å². The van der Waals surface area contributed by atoms with Gasteiger partial charge in [0, 0.05) is 25.8 Å². The molecule has 4 nitrogen and oxygen atoms in total. The molecule has 0 saturated carbocycles. The van der Waals surface area contributed by atoms with Crippen LogP contribution in [0.5, 0.6) is 0 Å². The van der Waals surface area contributed by atoms with Gasteiger partial charge < -0.3 is 11.1 Å². The molecule has 0 aliphatic carbocycles. The molecule has 1 unspecified atom stereocenters. The van der Waals surface area contributed by atoms with E-state index < -0.39 is 0 Å². The monoisotopic (exact) mass is 155 g/mol. The second-order valence-corrected chi connectivity index (χ2v) is 3.43. The van der Waals surface area contributed by atoms with Crippen LogP contribution < -0.4 is 11.1 Å². The van der Waals surface area contributed by atoms with E-state index in [-0.39, 0.29) is 11.8 Å². The molecule has 3 N–H and O–H groups in total. The van der Waals surface area contributed by atoms with E-state index in [9.17, 15) is 4.79 Å². The number of primary amides is 1. The largest absolute Gasteiger partial charge is 0.369 e. The zero-order chi connectivity index (χ0) is 7.84. The molecular formula is C7H13N3O. The van der Waals surface area contributed by atoms with Crippen molar-refractivity contribution in [2.75, 3.05) is 19.8 Å². The summed E-state index contributed by atoms with van der Waals surface area (Å²) in [6.45, 7) is 2.86. The number of hydrogen-bond donors (Lipinski definition) is 2. The molecule has 11 heavy (non-hydrogen) atoms. The zero-order valence-corrected chi connectivity index (χ0v) is 6.42. The molecule has 62 valence electrons. The maximum absolute atomic E-state index is 10.8. The Kier molecular flexibility index (Phi) is 1.58. The predicted molar refractivity (Wildman–Crippen MR) is 40.7 cm³/mol. The van der Waals surface area contributed by atoms with Crippen LogP contribution in [-0.2, 0) is 4.79 Å². The normalized spacial score (nSPS) is 42.4. The van der Waals surface area contributed by atoms with Crippen molar-refractivity contribution in [3.05, 3.63) is 0 Å². The number of nitrogens with two attached hydrogens (primary N) is 1. The summed E-state index contributed by atoms with van der Waals surface area (Å²) in [5, 5.41) is 3.32. The van der Waals surface area contributed by atoms with Crippen molar-refractivity contribution < 1.29 is 4.79 Å². The topological polar surface area (TPSA) is 58.4 Å². The second kappa shape index (κ2) is 2.46. The molecule has 2 heterocycles. The van der Waals surface area contributed by atoms with Gasteiger partial charge >= 0.3 is 0 Å². The summed E-state index contributed by atoms with van der Waals surface area (Å²) >= 11 is 0. The second-order valence-electron chi connectivity index (χ2n) is 3.43. The molecule has 1 amide bonds. The Labute approximate surface area is 65.7 Å². The number of hydrogen-bond acceptors (Lipinski definition) is 3. The number of amides is 1. The quantitative estimate of drug-likeness (QED) is 0.496. The summed E-state index contributed by atoms with van der Waals surface area (Å²) in [4.78, 5) is 13.1. The first-order valence-electron chi connectivity index (χ1n) is 4.01. The van der Waals surface area contributed by atoms with E-state index in [2.05, 4.69) is 10.2 Å². The summed E-state index contributed by atoms with van der Waals surface area (Å²) in [6.07, 6.45) is 0.922. The summed E-state index contributed by atoms with van der Waals surface area (Å²) < 4.78 is 0. The van der Waals surface area contributed by atoms with Crippen molar-refractivity contribution in [2.45, 2.75) is 12.5 Å². The Morgan fingerprint density at radius 1 is 1.55 bits per heavy atom. The van der Waals surface area contributed by atoms with E-state index in [0.29, 0.717) is 6.04 Å². The van der Waals surface area contributed by atoms with Gasteiger partial charge in [0.1, 0.15) is 0 Å². The molecule has 0 radical (unpaired) electrons. The minimum Gasteiger partial charge on any atom is -0.369 e. The van der Waals surface area contributed by atoms with Gasteiger partial charge in [-0.3, -0.25) is 9.69 Å². The van der Waals surface area contributed by atoms with Crippen LogP contribution in [0.15, 0.2) is 0 Å². The molecule has 3 atom stereocenters. The maximum atomic E-state index is 10.8. The Morgan fingerprint density at radius 3 is 3.00 bits per heavy atom. The molecule has 2 rings (SSSR count). The molecule has 0 aromatic carbocycles. The molecule has 2 bridgehead atoms. The van der Waals surface area contributed by atoms with Gasteiger partial charge in [-0.1, -0.05) is 0 Å². The average molecular weight is 155 g/mol. The fourth-order valence-electron chi connectivity index (χ4n) is 1.93. The maximum Gasteiger partial charge on any atom is 0.221 e. The molecular weight excluding hydrogens is 142 g/mol. The minimum absolute atomic E-state index is 0.0729. The van der Waals surface area contributed by atoms with Crippen LogP contribution in [0.25, 0.3) is 0 Å². The van der Waals surface area contributed by atoms with E-state index in [1.54, 1.807) is 0 Å². The molecule has 0 spiro atoms. The van der Waals surface area contributed by atoms with E-state index in [0.717, 1.165) is 26.2 Å². The molecule has 0 aromatic rings. The van der Waals surface area contributed by atoms with Crippen LogP contribution in [0.2, 0.25) is 0 Å². The summed E-state index contributed by atoms with van der Waals surface area (Å²) in [6, 6.07) is 0.501. The third-order valence-electron chi connectivity index (χ3n) is 2.53. The highest BCUT2D eigenvalue weighted by Gasteiger charge is 2.34. The standard InChI is InChI=1S/C7H13N3O/c8-7(11)5-1-6-3-10(2-5)4-9-6/h5-6,9H,1-4H2,(H2,8,11)/t5?,6-/m1/s1. The predicted octanol–water partition coefficient (Wildman–Crippen LogP) is -1.28. The van der Waals surface area contributed by atoms with Crippen molar-refractivity contribution in [1.82, 2.24) is 10.2 Å². The van der Waals surface area contributed by atoms with Gasteiger partial charge in [0.15, 0.2) is 0 Å². The molecule has 4 heteroatoms. The van der Waals surface area contributed by atoms with E-state index in [1.165, 1.54) is 0 Å². The summed E-state index contributed by atoms with van der Waals surface area (Å²) in [5.41, 5.74) is 5.23. The van der Waals surface area contributed by atoms with Crippen LogP contribution >= 0.6 is 0 Å². The molecule has 2 saturated heterocycles. The smallest absolute Gasteiger partial charge is 0.221 e. The lowest BCUT2D eigenvalue weighted by molar-refractivity contribution is -0.123. The van der Waals surface area contributed by atoms with Gasteiger partial charge in [0.25, 0.3) is 0 Å². The zero-order valence-electron chi connectivity index (χ0n) is 6.42. The first-order chi connectivity index (χ1) is 5.25. The Hall–Kier alpha value is -0.610. The number of rotatable bonds is 1. The molecule has 2 fully saturated rings. The van der Waals surface area contributed by atoms with Crippen molar-refractivity contribution in [1.29, 1.82) is 0 Å². The fourth-order valence-corrected chi connectivity index (χ4v) is 1.93. The van der Waals surface area contributed by atoms with E-state index in [4.69, 9.17) is 5.73 Å². The van der Waals surface area contributed by atoms with Crippen LogP contribution in [0.4, 0.5) is 0 Å². The highest BCUT2D eigenvalue weighted by molar-refractivity contribution is 5.77. The Morgan fingerprint density at radius 2 is 2.36 bits per heavy atom. The van der Waals surface area contributed by atoms with Crippen LogP contribution in [-0.4, -0.2) is 36.6 Å². The number of fused-ring (bicyclic) bond motifs is 2. The van der Waals surface area contributed by atoms with Gasteiger partial charge in [-0.05, 0) is 6.42 Å². The number of nitrogens with zero attached hydrogens (tertiary/aromatic N) is 1. The Balaban J connectivity index is 2.02. The first-order valence-corrected chi connectivity index (χ1v) is 4.01. The van der Waals surface area contributed by atoms with Gasteiger partial charge in [0.05, 0.1) is 5.92 Å². The van der Waals surface area contributed by atoms with Crippen molar-refractivity contribution in [3.8, 4) is 0 Å². The minimum atomic E-state index is -0.150. The van der Waals surface area contributed by atoms with Crippen molar-refractivity contribution in [2.24, 2.45) is 11.7 Å².